The summed E-state index contributed by atoms with van der Waals surface area (Å²) in [5, 5.41) is 2.19. The summed E-state index contributed by atoms with van der Waals surface area (Å²) in [6.45, 7) is 0. The molecule has 82 valence electrons. The third-order valence-corrected chi connectivity index (χ3v) is 2.13. The molecule has 0 bridgehead atoms. The largest absolute Gasteiger partial charge is 0.471 e. The van der Waals surface area contributed by atoms with Crippen molar-refractivity contribution in [1.82, 2.24) is 4.98 Å². The van der Waals surface area contributed by atoms with Crippen LogP contribution in [0.4, 0.5) is 19.0 Å². The topological polar surface area (TPSA) is 42.0 Å². The first-order valence-corrected chi connectivity index (χ1v) is 4.94. The molecule has 1 rings (SSSR count). The summed E-state index contributed by atoms with van der Waals surface area (Å²) in [6.07, 6.45) is -3.52. The third kappa shape index (κ3) is 3.50. The molecule has 3 nitrogen and oxygen atoms in total. The first kappa shape index (κ1) is 12.0. The van der Waals surface area contributed by atoms with Gasteiger partial charge >= 0.3 is 12.1 Å². The molecule has 0 aliphatic heterocycles. The van der Waals surface area contributed by atoms with Crippen LogP contribution in [0.5, 0.6) is 0 Å². The van der Waals surface area contributed by atoms with Crippen molar-refractivity contribution < 1.29 is 18.0 Å². The van der Waals surface area contributed by atoms with Gasteiger partial charge in [0.05, 0.1) is 0 Å². The van der Waals surface area contributed by atoms with Gasteiger partial charge in [0.15, 0.2) is 0 Å². The van der Waals surface area contributed by atoms with E-state index in [4.69, 9.17) is 0 Å². The zero-order valence-corrected chi connectivity index (χ0v) is 8.89. The molecule has 0 fully saturated rings. The third-order valence-electron chi connectivity index (χ3n) is 1.48. The van der Waals surface area contributed by atoms with Crippen molar-refractivity contribution in [3.05, 3.63) is 23.9 Å². The molecule has 1 N–H and O–H groups in total. The number of carbonyl (C=O) groups is 1. The summed E-state index contributed by atoms with van der Waals surface area (Å²) < 4.78 is 35.5. The number of aromatic nitrogens is 1. The molecule has 0 saturated heterocycles. The van der Waals surface area contributed by atoms with E-state index in [0.717, 1.165) is 5.56 Å². The van der Waals surface area contributed by atoms with Crippen LogP contribution in [-0.2, 0) is 10.1 Å². The molecule has 1 aromatic rings. The number of anilines is 1. The standard InChI is InChI=1S/C8H6BrF3N2O/c9-3-5-1-2-6(13-4-5)14-7(15)8(10,11)12/h1-2,4H,3H2,(H,13,14,15). The summed E-state index contributed by atoms with van der Waals surface area (Å²) in [6, 6.07) is 2.87. The minimum Gasteiger partial charge on any atom is -0.303 e. The van der Waals surface area contributed by atoms with Crippen molar-refractivity contribution in [2.75, 3.05) is 5.32 Å². The predicted octanol–water partition coefficient (Wildman–Crippen LogP) is 2.48. The number of hydrogen-bond acceptors (Lipinski definition) is 2. The maximum atomic E-state index is 11.8. The van der Waals surface area contributed by atoms with Crippen LogP contribution in [0.15, 0.2) is 18.3 Å². The molecule has 0 unspecified atom stereocenters. The highest BCUT2D eigenvalue weighted by atomic mass is 79.9. The fourth-order valence-corrected chi connectivity index (χ4v) is 1.10. The fraction of sp³-hybridized carbons (Fsp3) is 0.250. The highest BCUT2D eigenvalue weighted by Crippen LogP contribution is 2.17. The van der Waals surface area contributed by atoms with E-state index in [0.29, 0.717) is 5.33 Å². The Morgan fingerprint density at radius 3 is 2.53 bits per heavy atom. The van der Waals surface area contributed by atoms with E-state index in [-0.39, 0.29) is 5.82 Å². The molecular weight excluding hydrogens is 277 g/mol. The van der Waals surface area contributed by atoms with Gasteiger partial charge < -0.3 is 5.32 Å². The molecule has 1 aromatic heterocycles. The van der Waals surface area contributed by atoms with Crippen molar-refractivity contribution in [2.45, 2.75) is 11.5 Å². The summed E-state index contributed by atoms with van der Waals surface area (Å²) in [7, 11) is 0. The average Bonchev–Trinajstić information content (AvgIpc) is 2.17. The first-order chi connectivity index (χ1) is 6.93. The normalized spacial score (nSPS) is 11.2. The number of nitrogens with one attached hydrogen (secondary N) is 1. The van der Waals surface area contributed by atoms with E-state index in [1.54, 1.807) is 11.4 Å². The maximum Gasteiger partial charge on any atom is 0.471 e. The molecule has 15 heavy (non-hydrogen) atoms. The summed E-state index contributed by atoms with van der Waals surface area (Å²) in [5.41, 5.74) is 0.806. The Morgan fingerprint density at radius 2 is 2.13 bits per heavy atom. The SMILES string of the molecule is O=C(Nc1ccc(CBr)cn1)C(F)(F)F. The Labute approximate surface area is 91.8 Å². The number of carbonyl (C=O) groups excluding carboxylic acids is 1. The van der Waals surface area contributed by atoms with Crippen LogP contribution in [0.3, 0.4) is 0 Å². The van der Waals surface area contributed by atoms with Crippen LogP contribution >= 0.6 is 15.9 Å². The lowest BCUT2D eigenvalue weighted by molar-refractivity contribution is -0.167. The monoisotopic (exact) mass is 282 g/mol. The zero-order valence-electron chi connectivity index (χ0n) is 7.31. The lowest BCUT2D eigenvalue weighted by atomic mass is 10.3. The molecule has 1 amide bonds. The van der Waals surface area contributed by atoms with Crippen molar-refractivity contribution in [3.8, 4) is 0 Å². The fourth-order valence-electron chi connectivity index (χ4n) is 0.765. The average molecular weight is 283 g/mol. The van der Waals surface area contributed by atoms with Gasteiger partial charge in [-0.3, -0.25) is 4.79 Å². The molecule has 0 saturated carbocycles. The van der Waals surface area contributed by atoms with Gasteiger partial charge in [-0.1, -0.05) is 22.0 Å². The molecule has 0 radical (unpaired) electrons. The second-order valence-corrected chi connectivity index (χ2v) is 3.20. The molecule has 0 aliphatic rings. The minimum absolute atomic E-state index is 0.123. The number of halogens is 4. The molecule has 0 aliphatic carbocycles. The maximum absolute atomic E-state index is 11.8. The molecule has 0 spiro atoms. The van der Waals surface area contributed by atoms with Gasteiger partial charge in [0, 0.05) is 11.5 Å². The van der Waals surface area contributed by atoms with Crippen LogP contribution in [0.25, 0.3) is 0 Å². The van der Waals surface area contributed by atoms with Gasteiger partial charge in [0.2, 0.25) is 0 Å². The minimum atomic E-state index is -4.89. The number of alkyl halides is 4. The first-order valence-electron chi connectivity index (χ1n) is 3.82. The van der Waals surface area contributed by atoms with E-state index in [1.165, 1.54) is 12.3 Å². The quantitative estimate of drug-likeness (QED) is 0.847. The Kier molecular flexibility index (Phi) is 3.67. The number of rotatable bonds is 2. The van der Waals surface area contributed by atoms with E-state index in [9.17, 15) is 18.0 Å². The Bertz CT molecular complexity index is 350. The van der Waals surface area contributed by atoms with E-state index < -0.39 is 12.1 Å². The van der Waals surface area contributed by atoms with Gasteiger partial charge in [0.1, 0.15) is 5.82 Å². The number of nitrogens with zero attached hydrogens (tertiary/aromatic N) is 1. The molecule has 0 atom stereocenters. The van der Waals surface area contributed by atoms with Gasteiger partial charge in [-0.25, -0.2) is 4.98 Å². The van der Waals surface area contributed by atoms with Crippen molar-refractivity contribution >= 4 is 27.7 Å². The summed E-state index contributed by atoms with van der Waals surface area (Å²) >= 11 is 3.16. The van der Waals surface area contributed by atoms with E-state index in [1.807, 2.05) is 0 Å². The van der Waals surface area contributed by atoms with Crippen LogP contribution in [-0.4, -0.2) is 17.1 Å². The van der Waals surface area contributed by atoms with Crippen molar-refractivity contribution in [1.29, 1.82) is 0 Å². The number of hydrogen-bond donors (Lipinski definition) is 1. The molecule has 1 heterocycles. The van der Waals surface area contributed by atoms with Gasteiger partial charge in [0.25, 0.3) is 0 Å². The van der Waals surface area contributed by atoms with Gasteiger partial charge in [-0.15, -0.1) is 0 Å². The zero-order chi connectivity index (χ0) is 11.5. The Hall–Kier alpha value is -1.11. The number of pyridine rings is 1. The van der Waals surface area contributed by atoms with Crippen LogP contribution < -0.4 is 5.32 Å². The Balaban J connectivity index is 2.70. The molecular formula is C8H6BrF3N2O. The van der Waals surface area contributed by atoms with E-state index in [2.05, 4.69) is 20.9 Å². The highest BCUT2D eigenvalue weighted by Gasteiger charge is 2.38. The molecule has 0 aromatic carbocycles. The second kappa shape index (κ2) is 4.61. The Morgan fingerprint density at radius 1 is 1.47 bits per heavy atom. The summed E-state index contributed by atoms with van der Waals surface area (Å²) in [5.74, 6) is -2.15. The summed E-state index contributed by atoms with van der Waals surface area (Å²) in [4.78, 5) is 14.1. The van der Waals surface area contributed by atoms with Gasteiger partial charge in [-0.2, -0.15) is 13.2 Å². The molecule has 7 heteroatoms. The second-order valence-electron chi connectivity index (χ2n) is 2.64. The number of amides is 1. The lowest BCUT2D eigenvalue weighted by Crippen LogP contribution is -2.30. The lowest BCUT2D eigenvalue weighted by Gasteiger charge is -2.06. The smallest absolute Gasteiger partial charge is 0.303 e. The van der Waals surface area contributed by atoms with Crippen LogP contribution in [0, 0.1) is 0 Å². The van der Waals surface area contributed by atoms with Gasteiger partial charge in [-0.05, 0) is 11.6 Å². The predicted molar refractivity (Wildman–Crippen MR) is 51.6 cm³/mol. The van der Waals surface area contributed by atoms with Crippen LogP contribution in [0.1, 0.15) is 5.56 Å². The van der Waals surface area contributed by atoms with E-state index >= 15 is 0 Å². The van der Waals surface area contributed by atoms with Crippen LogP contribution in [0.2, 0.25) is 0 Å². The highest BCUT2D eigenvalue weighted by molar-refractivity contribution is 9.08. The van der Waals surface area contributed by atoms with Crippen molar-refractivity contribution in [3.63, 3.8) is 0 Å². The van der Waals surface area contributed by atoms with Crippen molar-refractivity contribution in [2.24, 2.45) is 0 Å².